The molecule has 1 aliphatic rings. The fourth-order valence-corrected chi connectivity index (χ4v) is 3.68. The Bertz CT molecular complexity index is 499. The average molecular weight is 274 g/mol. The summed E-state index contributed by atoms with van der Waals surface area (Å²) in [6.07, 6.45) is 1.35. The second-order valence-electron chi connectivity index (χ2n) is 4.48. The zero-order chi connectivity index (χ0) is 12.5. The van der Waals surface area contributed by atoms with Crippen molar-refractivity contribution in [3.05, 3.63) is 28.8 Å². The van der Waals surface area contributed by atoms with Crippen LogP contribution < -0.4 is 5.32 Å². The summed E-state index contributed by atoms with van der Waals surface area (Å²) in [5.41, 5.74) is 2.02. The van der Waals surface area contributed by atoms with Crippen molar-refractivity contribution in [3.63, 3.8) is 0 Å². The molecule has 0 radical (unpaired) electrons. The van der Waals surface area contributed by atoms with Gasteiger partial charge in [-0.15, -0.1) is 0 Å². The molecule has 2 rings (SSSR count). The lowest BCUT2D eigenvalue weighted by atomic mass is 10.1. The summed E-state index contributed by atoms with van der Waals surface area (Å²) in [5.74, 6) is 0.564. The summed E-state index contributed by atoms with van der Waals surface area (Å²) in [5, 5.41) is 4.11. The van der Waals surface area contributed by atoms with Gasteiger partial charge >= 0.3 is 0 Å². The van der Waals surface area contributed by atoms with Crippen molar-refractivity contribution in [2.45, 2.75) is 25.8 Å². The lowest BCUT2D eigenvalue weighted by Gasteiger charge is -2.25. The van der Waals surface area contributed by atoms with E-state index in [4.69, 9.17) is 11.6 Å². The summed E-state index contributed by atoms with van der Waals surface area (Å²) in [6, 6.07) is 5.96. The van der Waals surface area contributed by atoms with Gasteiger partial charge in [0.1, 0.15) is 9.84 Å². The number of hydrogen-bond donors (Lipinski definition) is 1. The highest BCUT2D eigenvalue weighted by Crippen LogP contribution is 2.25. The SMILES string of the molecule is Cc1c(Cl)cccc1NC1CCS(=O)(=O)CC1. The standard InChI is InChI=1S/C12H16ClNO2S/c1-9-11(13)3-2-4-12(9)14-10-5-7-17(15,16)8-6-10/h2-4,10,14H,5-8H2,1H3. The van der Waals surface area contributed by atoms with E-state index >= 15 is 0 Å². The topological polar surface area (TPSA) is 46.2 Å². The van der Waals surface area contributed by atoms with Crippen molar-refractivity contribution in [1.29, 1.82) is 0 Å². The van der Waals surface area contributed by atoms with Gasteiger partial charge in [-0.25, -0.2) is 8.42 Å². The van der Waals surface area contributed by atoms with Crippen molar-refractivity contribution in [1.82, 2.24) is 0 Å². The van der Waals surface area contributed by atoms with Gasteiger partial charge < -0.3 is 5.32 Å². The normalized spacial score (nSPS) is 20.1. The number of nitrogens with one attached hydrogen (secondary N) is 1. The van der Waals surface area contributed by atoms with Crippen LogP contribution in [0.1, 0.15) is 18.4 Å². The first-order valence-corrected chi connectivity index (χ1v) is 7.90. The second-order valence-corrected chi connectivity index (χ2v) is 7.19. The molecule has 1 aromatic rings. The first-order chi connectivity index (χ1) is 7.98. The van der Waals surface area contributed by atoms with Crippen LogP contribution in [0.25, 0.3) is 0 Å². The average Bonchev–Trinajstić information content (AvgIpc) is 2.27. The molecule has 0 saturated carbocycles. The monoisotopic (exact) mass is 273 g/mol. The van der Waals surface area contributed by atoms with E-state index in [2.05, 4.69) is 5.32 Å². The van der Waals surface area contributed by atoms with Crippen LogP contribution in [0, 0.1) is 6.92 Å². The Labute approximate surface area is 107 Å². The van der Waals surface area contributed by atoms with Crippen LogP contribution in [0.5, 0.6) is 0 Å². The molecule has 1 N–H and O–H groups in total. The van der Waals surface area contributed by atoms with E-state index in [1.807, 2.05) is 25.1 Å². The van der Waals surface area contributed by atoms with E-state index in [0.717, 1.165) is 16.3 Å². The molecular weight excluding hydrogens is 258 g/mol. The van der Waals surface area contributed by atoms with Crippen molar-refractivity contribution in [2.24, 2.45) is 0 Å². The summed E-state index contributed by atoms with van der Waals surface area (Å²) >= 11 is 6.04. The smallest absolute Gasteiger partial charge is 0.150 e. The van der Waals surface area contributed by atoms with Crippen LogP contribution in [0.2, 0.25) is 5.02 Å². The maximum Gasteiger partial charge on any atom is 0.150 e. The summed E-state index contributed by atoms with van der Waals surface area (Å²) in [7, 11) is -2.79. The van der Waals surface area contributed by atoms with Crippen molar-refractivity contribution in [3.8, 4) is 0 Å². The fourth-order valence-electron chi connectivity index (χ4n) is 2.02. The molecule has 1 aliphatic heterocycles. The lowest BCUT2D eigenvalue weighted by molar-refractivity contribution is 0.559. The number of hydrogen-bond acceptors (Lipinski definition) is 3. The molecule has 5 heteroatoms. The maximum absolute atomic E-state index is 11.3. The van der Waals surface area contributed by atoms with Crippen LogP contribution in [-0.4, -0.2) is 26.0 Å². The third-order valence-electron chi connectivity index (χ3n) is 3.18. The molecule has 0 atom stereocenters. The first-order valence-electron chi connectivity index (χ1n) is 5.70. The highest BCUT2D eigenvalue weighted by molar-refractivity contribution is 7.91. The van der Waals surface area contributed by atoms with Gasteiger partial charge in [-0.3, -0.25) is 0 Å². The Balaban J connectivity index is 2.05. The van der Waals surface area contributed by atoms with Crippen LogP contribution in [0.3, 0.4) is 0 Å². The van der Waals surface area contributed by atoms with Gasteiger partial charge in [-0.1, -0.05) is 17.7 Å². The number of anilines is 1. The zero-order valence-corrected chi connectivity index (χ0v) is 11.3. The van der Waals surface area contributed by atoms with Gasteiger partial charge in [-0.2, -0.15) is 0 Å². The Morgan fingerprint density at radius 2 is 1.94 bits per heavy atom. The minimum Gasteiger partial charge on any atom is -0.382 e. The Hall–Kier alpha value is -0.740. The second kappa shape index (κ2) is 4.86. The van der Waals surface area contributed by atoms with E-state index < -0.39 is 9.84 Å². The minimum atomic E-state index is -2.79. The predicted molar refractivity (Wildman–Crippen MR) is 71.5 cm³/mol. The van der Waals surface area contributed by atoms with Gasteiger partial charge in [0, 0.05) is 16.8 Å². The molecule has 94 valence electrons. The fraction of sp³-hybridized carbons (Fsp3) is 0.500. The minimum absolute atomic E-state index is 0.232. The lowest BCUT2D eigenvalue weighted by Crippen LogP contribution is -2.32. The van der Waals surface area contributed by atoms with Gasteiger partial charge in [0.25, 0.3) is 0 Å². The zero-order valence-electron chi connectivity index (χ0n) is 9.74. The van der Waals surface area contributed by atoms with Gasteiger partial charge in [0.15, 0.2) is 0 Å². The summed E-state index contributed by atoms with van der Waals surface area (Å²) in [6.45, 7) is 1.96. The van der Waals surface area contributed by atoms with Crippen LogP contribution >= 0.6 is 11.6 Å². The third kappa shape index (κ3) is 3.13. The number of benzene rings is 1. The molecular formula is C12H16ClNO2S. The van der Waals surface area contributed by atoms with E-state index in [-0.39, 0.29) is 17.5 Å². The number of sulfone groups is 1. The maximum atomic E-state index is 11.3. The Morgan fingerprint density at radius 3 is 2.59 bits per heavy atom. The molecule has 1 aromatic carbocycles. The molecule has 1 heterocycles. The van der Waals surface area contributed by atoms with Gasteiger partial charge in [0.2, 0.25) is 0 Å². The molecule has 1 fully saturated rings. The van der Waals surface area contributed by atoms with Gasteiger partial charge in [-0.05, 0) is 37.5 Å². The van der Waals surface area contributed by atoms with E-state index in [9.17, 15) is 8.42 Å². The molecule has 17 heavy (non-hydrogen) atoms. The molecule has 3 nitrogen and oxygen atoms in total. The van der Waals surface area contributed by atoms with Gasteiger partial charge in [0.05, 0.1) is 11.5 Å². The largest absolute Gasteiger partial charge is 0.382 e. The predicted octanol–water partition coefficient (Wildman–Crippen LogP) is 2.64. The van der Waals surface area contributed by atoms with Crippen molar-refractivity contribution < 1.29 is 8.42 Å². The molecule has 0 amide bonds. The molecule has 0 unspecified atom stereocenters. The van der Waals surface area contributed by atoms with Crippen molar-refractivity contribution in [2.75, 3.05) is 16.8 Å². The number of rotatable bonds is 2. The highest BCUT2D eigenvalue weighted by atomic mass is 35.5. The highest BCUT2D eigenvalue weighted by Gasteiger charge is 2.23. The Kier molecular flexibility index (Phi) is 3.64. The molecule has 0 aromatic heterocycles. The van der Waals surface area contributed by atoms with E-state index in [1.165, 1.54) is 0 Å². The summed E-state index contributed by atoms with van der Waals surface area (Å²) in [4.78, 5) is 0. The quantitative estimate of drug-likeness (QED) is 0.901. The van der Waals surface area contributed by atoms with E-state index in [1.54, 1.807) is 0 Å². The van der Waals surface area contributed by atoms with Crippen LogP contribution in [0.4, 0.5) is 5.69 Å². The first kappa shape index (κ1) is 12.7. The molecule has 0 aliphatic carbocycles. The summed E-state index contributed by atoms with van der Waals surface area (Å²) < 4.78 is 22.6. The molecule has 0 spiro atoms. The number of halogens is 1. The molecule has 0 bridgehead atoms. The Morgan fingerprint density at radius 1 is 1.29 bits per heavy atom. The van der Waals surface area contributed by atoms with E-state index in [0.29, 0.717) is 12.8 Å². The third-order valence-corrected chi connectivity index (χ3v) is 5.31. The van der Waals surface area contributed by atoms with Crippen molar-refractivity contribution >= 4 is 27.1 Å². The van der Waals surface area contributed by atoms with Crippen LogP contribution in [-0.2, 0) is 9.84 Å². The molecule has 1 saturated heterocycles. The van der Waals surface area contributed by atoms with Crippen LogP contribution in [0.15, 0.2) is 18.2 Å².